The first kappa shape index (κ1) is 15.2. The van der Waals surface area contributed by atoms with Gasteiger partial charge in [-0.2, -0.15) is 0 Å². The van der Waals surface area contributed by atoms with Crippen LogP contribution in [0.1, 0.15) is 21.6 Å². The number of hydrogen-bond acceptors (Lipinski definition) is 4. The van der Waals surface area contributed by atoms with Gasteiger partial charge in [-0.15, -0.1) is 0 Å². The molecule has 1 amide bonds. The van der Waals surface area contributed by atoms with E-state index in [0.717, 1.165) is 6.07 Å². The number of rotatable bonds is 2. The van der Waals surface area contributed by atoms with Gasteiger partial charge in [-0.25, -0.2) is 9.37 Å². The third-order valence-corrected chi connectivity index (χ3v) is 3.97. The third-order valence-electron chi connectivity index (χ3n) is 3.97. The molecule has 120 valence electrons. The summed E-state index contributed by atoms with van der Waals surface area (Å²) in [4.78, 5) is 30.5. The second-order valence-electron chi connectivity index (χ2n) is 5.41. The number of hydrogen-bond donors (Lipinski definition) is 0. The van der Waals surface area contributed by atoms with Crippen LogP contribution in [0.15, 0.2) is 29.3 Å². The van der Waals surface area contributed by atoms with E-state index < -0.39 is 5.82 Å². The summed E-state index contributed by atoms with van der Waals surface area (Å²) in [6.45, 7) is 0.607. The first-order chi connectivity index (χ1) is 11.0. The number of aromatic nitrogens is 2. The highest BCUT2D eigenvalue weighted by molar-refractivity contribution is 5.97. The lowest BCUT2D eigenvalue weighted by atomic mass is 10.0. The van der Waals surface area contributed by atoms with Crippen LogP contribution >= 0.6 is 0 Å². The topological polar surface area (TPSA) is 64.4 Å². The van der Waals surface area contributed by atoms with Crippen molar-refractivity contribution in [3.63, 3.8) is 0 Å². The van der Waals surface area contributed by atoms with Crippen molar-refractivity contribution in [1.29, 1.82) is 0 Å². The van der Waals surface area contributed by atoms with Crippen LogP contribution in [0.2, 0.25) is 0 Å². The average Bonchev–Trinajstić information content (AvgIpc) is 2.57. The van der Waals surface area contributed by atoms with Gasteiger partial charge in [-0.05, 0) is 24.6 Å². The Labute approximate surface area is 132 Å². The van der Waals surface area contributed by atoms with Crippen LogP contribution in [0, 0.1) is 5.82 Å². The number of benzene rings is 1. The van der Waals surface area contributed by atoms with Gasteiger partial charge in [0.15, 0.2) is 0 Å². The molecule has 0 saturated carbocycles. The molecule has 0 unspecified atom stereocenters. The van der Waals surface area contributed by atoms with Gasteiger partial charge in [0, 0.05) is 19.2 Å². The van der Waals surface area contributed by atoms with Gasteiger partial charge in [0.25, 0.3) is 11.5 Å². The number of nitrogens with zero attached hydrogens (tertiary/aromatic N) is 3. The molecule has 6 nitrogen and oxygen atoms in total. The van der Waals surface area contributed by atoms with Crippen LogP contribution in [0.3, 0.4) is 0 Å². The number of halogens is 1. The average molecular weight is 317 g/mol. The van der Waals surface area contributed by atoms with E-state index >= 15 is 0 Å². The second kappa shape index (κ2) is 5.83. The fourth-order valence-electron chi connectivity index (χ4n) is 2.71. The summed E-state index contributed by atoms with van der Waals surface area (Å²) >= 11 is 0. The molecule has 3 rings (SSSR count). The molecule has 0 N–H and O–H groups in total. The molecule has 0 saturated heterocycles. The van der Waals surface area contributed by atoms with Crippen molar-refractivity contribution in [2.45, 2.75) is 13.0 Å². The van der Waals surface area contributed by atoms with Gasteiger partial charge in [-0.3, -0.25) is 9.59 Å². The standard InChI is InChI=1S/C16H16FN3O3/c1-19-9-18-13-8-20(6-5-11(13)15(19)21)16(22)12-7-10(17)3-4-14(12)23-2/h3-4,7,9H,5-6,8H2,1-2H3. The second-order valence-corrected chi connectivity index (χ2v) is 5.41. The largest absolute Gasteiger partial charge is 0.496 e. The molecule has 1 aliphatic heterocycles. The number of methoxy groups -OCH3 is 1. The Morgan fingerprint density at radius 1 is 1.39 bits per heavy atom. The van der Waals surface area contributed by atoms with Crippen LogP contribution in [0.25, 0.3) is 0 Å². The molecule has 2 aromatic rings. The van der Waals surface area contributed by atoms with Gasteiger partial charge < -0.3 is 14.2 Å². The number of aryl methyl sites for hydroxylation is 1. The predicted molar refractivity (Wildman–Crippen MR) is 80.9 cm³/mol. The molecular weight excluding hydrogens is 301 g/mol. The van der Waals surface area contributed by atoms with Gasteiger partial charge in [-0.1, -0.05) is 0 Å². The maximum absolute atomic E-state index is 13.5. The quantitative estimate of drug-likeness (QED) is 0.833. The number of amides is 1. The monoisotopic (exact) mass is 317 g/mol. The van der Waals surface area contributed by atoms with E-state index in [2.05, 4.69) is 4.98 Å². The van der Waals surface area contributed by atoms with Gasteiger partial charge >= 0.3 is 0 Å². The molecular formula is C16H16FN3O3. The fourth-order valence-corrected chi connectivity index (χ4v) is 2.71. The zero-order chi connectivity index (χ0) is 16.6. The summed E-state index contributed by atoms with van der Waals surface area (Å²) < 4.78 is 20.0. The Hall–Kier alpha value is -2.70. The Kier molecular flexibility index (Phi) is 3.85. The lowest BCUT2D eigenvalue weighted by Gasteiger charge is -2.28. The van der Waals surface area contributed by atoms with Crippen LogP contribution in [0.4, 0.5) is 4.39 Å². The predicted octanol–water partition coefficient (Wildman–Crippen LogP) is 1.13. The highest BCUT2D eigenvalue weighted by Gasteiger charge is 2.26. The maximum Gasteiger partial charge on any atom is 0.258 e. The molecule has 7 heteroatoms. The first-order valence-corrected chi connectivity index (χ1v) is 7.17. The van der Waals surface area contributed by atoms with E-state index in [1.807, 2.05) is 0 Å². The summed E-state index contributed by atoms with van der Waals surface area (Å²) in [6.07, 6.45) is 1.87. The summed E-state index contributed by atoms with van der Waals surface area (Å²) in [5, 5.41) is 0. The lowest BCUT2D eigenvalue weighted by Crippen LogP contribution is -2.40. The van der Waals surface area contributed by atoms with E-state index in [0.29, 0.717) is 30.0 Å². The molecule has 0 radical (unpaired) electrons. The van der Waals surface area contributed by atoms with Crippen molar-refractivity contribution in [1.82, 2.24) is 14.5 Å². The highest BCUT2D eigenvalue weighted by atomic mass is 19.1. The van der Waals surface area contributed by atoms with Gasteiger partial charge in [0.1, 0.15) is 11.6 Å². The van der Waals surface area contributed by atoms with Crippen LogP contribution in [-0.4, -0.2) is 34.0 Å². The molecule has 0 atom stereocenters. The summed E-state index contributed by atoms with van der Waals surface area (Å²) in [6, 6.07) is 3.83. The molecule has 23 heavy (non-hydrogen) atoms. The van der Waals surface area contributed by atoms with Gasteiger partial charge in [0.05, 0.1) is 31.2 Å². The third kappa shape index (κ3) is 2.69. The van der Waals surface area contributed by atoms with Crippen molar-refractivity contribution in [3.8, 4) is 5.75 Å². The zero-order valence-corrected chi connectivity index (χ0v) is 12.9. The Balaban J connectivity index is 1.92. The van der Waals surface area contributed by atoms with Crippen molar-refractivity contribution in [3.05, 3.63) is 57.5 Å². The van der Waals surface area contributed by atoms with Crippen molar-refractivity contribution < 1.29 is 13.9 Å². The number of ether oxygens (including phenoxy) is 1. The molecule has 0 spiro atoms. The molecule has 1 aromatic heterocycles. The van der Waals surface area contributed by atoms with Crippen molar-refractivity contribution >= 4 is 5.91 Å². The molecule has 1 aliphatic rings. The Morgan fingerprint density at radius 2 is 2.17 bits per heavy atom. The SMILES string of the molecule is COc1ccc(F)cc1C(=O)N1CCc2c(ncn(C)c2=O)C1. The number of carbonyl (C=O) groups is 1. The van der Waals surface area contributed by atoms with E-state index in [-0.39, 0.29) is 23.6 Å². The van der Waals surface area contributed by atoms with E-state index in [1.165, 1.54) is 30.1 Å². The minimum Gasteiger partial charge on any atom is -0.496 e. The molecule has 0 aliphatic carbocycles. The zero-order valence-electron chi connectivity index (χ0n) is 12.9. The minimum atomic E-state index is -0.501. The minimum absolute atomic E-state index is 0.0922. The number of fused-ring (bicyclic) bond motifs is 1. The molecule has 2 heterocycles. The summed E-state index contributed by atoms with van der Waals surface area (Å²) in [5.41, 5.74) is 1.29. The molecule has 0 bridgehead atoms. The van der Waals surface area contributed by atoms with Crippen LogP contribution in [-0.2, 0) is 20.0 Å². The molecule has 1 aromatic carbocycles. The maximum atomic E-state index is 13.5. The molecule has 0 fully saturated rings. The highest BCUT2D eigenvalue weighted by Crippen LogP contribution is 2.23. The van der Waals surface area contributed by atoms with Crippen molar-refractivity contribution in [2.24, 2.45) is 7.05 Å². The van der Waals surface area contributed by atoms with Crippen LogP contribution < -0.4 is 10.3 Å². The lowest BCUT2D eigenvalue weighted by molar-refractivity contribution is 0.0727. The smallest absolute Gasteiger partial charge is 0.258 e. The summed E-state index contributed by atoms with van der Waals surface area (Å²) in [5.74, 6) is -0.521. The Bertz CT molecular complexity index is 832. The summed E-state index contributed by atoms with van der Waals surface area (Å²) in [7, 11) is 3.07. The van der Waals surface area contributed by atoms with Gasteiger partial charge in [0.2, 0.25) is 0 Å². The normalized spacial score (nSPS) is 13.6. The fraction of sp³-hybridized carbons (Fsp3) is 0.312. The number of carbonyl (C=O) groups excluding carboxylic acids is 1. The Morgan fingerprint density at radius 3 is 2.91 bits per heavy atom. The van der Waals surface area contributed by atoms with Crippen LogP contribution in [0.5, 0.6) is 5.75 Å². The first-order valence-electron chi connectivity index (χ1n) is 7.17. The van der Waals surface area contributed by atoms with Crippen molar-refractivity contribution in [2.75, 3.05) is 13.7 Å². The van der Waals surface area contributed by atoms with E-state index in [9.17, 15) is 14.0 Å². The van der Waals surface area contributed by atoms with E-state index in [1.54, 1.807) is 11.9 Å². The van der Waals surface area contributed by atoms with E-state index in [4.69, 9.17) is 4.74 Å².